The highest BCUT2D eigenvalue weighted by Crippen LogP contribution is 2.20. The summed E-state index contributed by atoms with van der Waals surface area (Å²) in [6, 6.07) is 0. The largest absolute Gasteiger partial charge is 0.349 e. The van der Waals surface area contributed by atoms with Crippen LogP contribution in [0.5, 0.6) is 0 Å². The normalized spacial score (nSPS) is 9.67. The zero-order valence-electron chi connectivity index (χ0n) is 6.10. The second kappa shape index (κ2) is 6.80. The summed E-state index contributed by atoms with van der Waals surface area (Å²) in [5, 5.41) is 3.19. The molecule has 0 spiro atoms. The van der Waals surface area contributed by atoms with Crippen LogP contribution in [0, 0.1) is 0 Å². The van der Waals surface area contributed by atoms with Crippen LogP contribution in [-0.4, -0.2) is 20.2 Å². The van der Waals surface area contributed by atoms with Crippen molar-refractivity contribution >= 4 is 27.8 Å². The molecule has 0 radical (unpaired) electrons. The van der Waals surface area contributed by atoms with Gasteiger partial charge in [-0.1, -0.05) is 13.2 Å². The molecule has 5 heteroatoms. The van der Waals surface area contributed by atoms with Crippen LogP contribution in [0.15, 0.2) is 0 Å². The molecule has 0 rings (SSSR count). The van der Waals surface area contributed by atoms with Crippen molar-refractivity contribution in [3.05, 3.63) is 0 Å². The van der Waals surface area contributed by atoms with E-state index in [-0.39, 0.29) is 0 Å². The lowest BCUT2D eigenvalue weighted by atomic mass is 9.89. The van der Waals surface area contributed by atoms with Crippen LogP contribution in [0.1, 0.15) is 6.92 Å². The van der Waals surface area contributed by atoms with Crippen molar-refractivity contribution in [2.45, 2.75) is 13.2 Å². The van der Waals surface area contributed by atoms with Gasteiger partial charge in [-0.15, -0.1) is 10.6 Å². The van der Waals surface area contributed by atoms with Crippen LogP contribution in [0.2, 0.25) is 6.32 Å². The molecule has 0 aromatic carbocycles. The molecule has 0 heterocycles. The zero-order chi connectivity index (χ0) is 7.11. The van der Waals surface area contributed by atoms with Gasteiger partial charge < -0.3 is 5.23 Å². The van der Waals surface area contributed by atoms with E-state index in [1.165, 1.54) is 0 Å². The van der Waals surface area contributed by atoms with Gasteiger partial charge in [0.1, 0.15) is 0 Å². The molecule has 0 fully saturated rings. The fourth-order valence-electron chi connectivity index (χ4n) is 0.426. The number of rotatable bonds is 5. The molecule has 2 N–H and O–H groups in total. The smallest absolute Gasteiger partial charge is 0.302 e. The molecule has 0 aliphatic heterocycles. The number of nitrogens with one attached hydrogen (secondary N) is 2. The fraction of sp³-hybridized carbons (Fsp3) is 1.00. The summed E-state index contributed by atoms with van der Waals surface area (Å²) in [6.07, 6.45) is 1.73. The number of hydrogen-bond acceptors (Lipinski definition) is 4. The first-order valence-corrected chi connectivity index (χ1v) is 5.22. The minimum Gasteiger partial charge on any atom is -0.349 e. The predicted molar refractivity (Wildman–Crippen MR) is 49.5 cm³/mol. The maximum absolute atomic E-state index is 3.19. The van der Waals surface area contributed by atoms with Gasteiger partial charge in [-0.2, -0.15) is 0 Å². The van der Waals surface area contributed by atoms with E-state index in [4.69, 9.17) is 0 Å². The van der Waals surface area contributed by atoms with Crippen molar-refractivity contribution in [1.29, 1.82) is 0 Å². The van der Waals surface area contributed by atoms with Gasteiger partial charge >= 0.3 is 6.13 Å². The molecule has 0 aliphatic carbocycles. The summed E-state index contributed by atoms with van der Waals surface area (Å²) in [4.78, 5) is 0. The zero-order valence-corrected chi connectivity index (χ0v) is 7.73. The van der Waals surface area contributed by atoms with E-state index in [1.54, 1.807) is 11.0 Å². The van der Waals surface area contributed by atoms with E-state index in [0.29, 0.717) is 6.13 Å². The molecule has 0 saturated carbocycles. The van der Waals surface area contributed by atoms with Crippen LogP contribution < -0.4 is 9.95 Å². The molecular weight excluding hydrogens is 151 g/mol. The van der Waals surface area contributed by atoms with E-state index in [9.17, 15) is 0 Å². The third-order valence-corrected chi connectivity index (χ3v) is 3.49. The summed E-state index contributed by atoms with van der Waals surface area (Å²) in [5.74, 6) is 0. The summed E-state index contributed by atoms with van der Waals surface area (Å²) in [6.45, 7) is 2.17. The monoisotopic (exact) mass is 164 g/mol. The minimum atomic E-state index is 0.572. The van der Waals surface area contributed by atoms with Gasteiger partial charge in [-0.05, 0) is 25.1 Å². The van der Waals surface area contributed by atoms with Gasteiger partial charge in [-0.25, -0.2) is 0 Å². The van der Waals surface area contributed by atoms with Crippen LogP contribution >= 0.6 is 21.6 Å². The Kier molecular flexibility index (Phi) is 7.32. The first-order valence-electron chi connectivity index (χ1n) is 3.01. The molecule has 0 amide bonds. The minimum absolute atomic E-state index is 0.572. The van der Waals surface area contributed by atoms with Crippen LogP contribution in [0.3, 0.4) is 0 Å². The van der Waals surface area contributed by atoms with E-state index in [2.05, 4.69) is 16.9 Å². The Bertz CT molecular complexity index is 60.5. The lowest BCUT2D eigenvalue weighted by Gasteiger charge is -2.05. The topological polar surface area (TPSA) is 24.1 Å². The first-order chi connectivity index (χ1) is 4.35. The van der Waals surface area contributed by atoms with E-state index < -0.39 is 0 Å². The second-order valence-electron chi connectivity index (χ2n) is 1.57. The molecule has 9 heavy (non-hydrogen) atoms. The average molecular weight is 164 g/mol. The van der Waals surface area contributed by atoms with Crippen LogP contribution in [0.25, 0.3) is 0 Å². The van der Waals surface area contributed by atoms with Crippen molar-refractivity contribution in [2.75, 3.05) is 14.1 Å². The van der Waals surface area contributed by atoms with Crippen molar-refractivity contribution in [3.63, 3.8) is 0 Å². The maximum atomic E-state index is 3.19. The van der Waals surface area contributed by atoms with Gasteiger partial charge in [-0.3, -0.25) is 4.72 Å². The van der Waals surface area contributed by atoms with Gasteiger partial charge in [0.05, 0.1) is 0 Å². The molecule has 54 valence electrons. The summed E-state index contributed by atoms with van der Waals surface area (Å²) < 4.78 is 3.01. The Morgan fingerprint density at radius 1 is 1.44 bits per heavy atom. The molecule has 0 aromatic rings. The maximum Gasteiger partial charge on any atom is 0.302 e. The lowest BCUT2D eigenvalue weighted by molar-refractivity contribution is 1.20. The Morgan fingerprint density at radius 3 is 2.44 bits per heavy atom. The molecule has 2 nitrogen and oxygen atoms in total. The summed E-state index contributed by atoms with van der Waals surface area (Å²) >= 11 is 0. The average Bonchev–Trinajstić information content (AvgIpc) is 1.91. The molecule has 0 saturated heterocycles. The first kappa shape index (κ1) is 9.68. The Labute approximate surface area is 65.5 Å². The van der Waals surface area contributed by atoms with Gasteiger partial charge in [0.2, 0.25) is 0 Å². The standard InChI is InChI=1S/C4H13BN2S2/c1-4-5(6-2)8-9-7-3/h6-7H,4H2,1-3H3. The fourth-order valence-corrected chi connectivity index (χ4v) is 2.21. The van der Waals surface area contributed by atoms with Crippen molar-refractivity contribution in [3.8, 4) is 0 Å². The van der Waals surface area contributed by atoms with Crippen molar-refractivity contribution in [2.24, 2.45) is 0 Å². The Hall–Kier alpha value is 0.685. The molecule has 0 bridgehead atoms. The van der Waals surface area contributed by atoms with Gasteiger partial charge in [0, 0.05) is 0 Å². The van der Waals surface area contributed by atoms with Crippen molar-refractivity contribution < 1.29 is 0 Å². The third kappa shape index (κ3) is 5.15. The highest BCUT2D eigenvalue weighted by atomic mass is 33.1. The van der Waals surface area contributed by atoms with Crippen LogP contribution in [0.4, 0.5) is 0 Å². The molecular formula is C4H13BN2S2. The third-order valence-electron chi connectivity index (χ3n) is 0.940. The quantitative estimate of drug-likeness (QED) is 0.362. The van der Waals surface area contributed by atoms with Gasteiger partial charge in [0.25, 0.3) is 0 Å². The highest BCUT2D eigenvalue weighted by Gasteiger charge is 2.08. The van der Waals surface area contributed by atoms with Crippen molar-refractivity contribution in [1.82, 2.24) is 9.95 Å². The Morgan fingerprint density at radius 2 is 2.11 bits per heavy atom. The van der Waals surface area contributed by atoms with E-state index in [1.807, 2.05) is 24.7 Å². The van der Waals surface area contributed by atoms with Crippen LogP contribution in [-0.2, 0) is 0 Å². The molecule has 0 atom stereocenters. The van der Waals surface area contributed by atoms with Gasteiger partial charge in [0.15, 0.2) is 0 Å². The lowest BCUT2D eigenvalue weighted by Crippen LogP contribution is -2.25. The summed E-state index contributed by atoms with van der Waals surface area (Å²) in [7, 11) is 7.40. The molecule has 0 aliphatic rings. The van der Waals surface area contributed by atoms with E-state index >= 15 is 0 Å². The molecule has 0 unspecified atom stereocenters. The van der Waals surface area contributed by atoms with E-state index in [0.717, 1.165) is 6.32 Å². The molecule has 0 aromatic heterocycles. The number of hydrogen-bond donors (Lipinski definition) is 2. The second-order valence-corrected chi connectivity index (χ2v) is 3.98. The predicted octanol–water partition coefficient (Wildman–Crippen LogP) is 1.23. The Balaban J connectivity index is 3.09. The summed E-state index contributed by atoms with van der Waals surface area (Å²) in [5.41, 5.74) is 0. The highest BCUT2D eigenvalue weighted by molar-refractivity contribution is 8.85. The SMILES string of the molecule is CCB(NC)SSNC.